The van der Waals surface area contributed by atoms with Gasteiger partial charge in [-0.3, -0.25) is 29.2 Å². The Morgan fingerprint density at radius 3 is 1.23 bits per heavy atom. The predicted octanol–water partition coefficient (Wildman–Crippen LogP) is -0.282. The van der Waals surface area contributed by atoms with Gasteiger partial charge in [0.25, 0.3) is 11.8 Å². The van der Waals surface area contributed by atoms with Gasteiger partial charge < -0.3 is 20.0 Å². The first-order valence-corrected chi connectivity index (χ1v) is 10.9. The fraction of sp³-hybridized carbons (Fsp3) is 0.810. The molecule has 0 aliphatic carbocycles. The van der Waals surface area contributed by atoms with Crippen molar-refractivity contribution in [2.45, 2.75) is 51.0 Å². The van der Waals surface area contributed by atoms with Crippen LogP contribution in [0.25, 0.3) is 0 Å². The van der Waals surface area contributed by atoms with E-state index in [9.17, 15) is 29.4 Å². The first kappa shape index (κ1) is 33.3. The Hall–Kier alpha value is -1.70. The summed E-state index contributed by atoms with van der Waals surface area (Å²) in [5.41, 5.74) is -2.54. The predicted molar refractivity (Wildman–Crippen MR) is 135 cm³/mol. The third-order valence-corrected chi connectivity index (χ3v) is 6.03. The molecule has 2 fully saturated rings. The number of urea groups is 2. The number of aliphatic hydroxyl groups excluding tert-OH is 2. The van der Waals surface area contributed by atoms with Crippen LogP contribution >= 0.6 is 24.8 Å². The zero-order valence-electron chi connectivity index (χ0n) is 21.7. The molecule has 35 heavy (non-hydrogen) atoms. The van der Waals surface area contributed by atoms with Crippen molar-refractivity contribution in [3.63, 3.8) is 0 Å². The van der Waals surface area contributed by atoms with Gasteiger partial charge in [0.1, 0.15) is 17.7 Å². The van der Waals surface area contributed by atoms with Crippen LogP contribution in [-0.4, -0.2) is 148 Å². The molecule has 0 spiro atoms. The monoisotopic (exact) mass is 542 g/mol. The maximum atomic E-state index is 13.1. The molecular weight excluding hydrogens is 503 g/mol. The van der Waals surface area contributed by atoms with Crippen molar-refractivity contribution in [1.29, 1.82) is 0 Å². The summed E-state index contributed by atoms with van der Waals surface area (Å²) in [7, 11) is 7.08. The Morgan fingerprint density at radius 2 is 0.971 bits per heavy atom. The van der Waals surface area contributed by atoms with Gasteiger partial charge in [-0.25, -0.2) is 9.59 Å². The van der Waals surface area contributed by atoms with E-state index in [0.717, 1.165) is 9.80 Å². The highest BCUT2D eigenvalue weighted by atomic mass is 35.5. The van der Waals surface area contributed by atoms with Gasteiger partial charge >= 0.3 is 12.1 Å². The van der Waals surface area contributed by atoms with Gasteiger partial charge in [0.2, 0.25) is 0 Å². The van der Waals surface area contributed by atoms with Crippen LogP contribution in [0.1, 0.15) is 27.7 Å². The molecule has 14 heteroatoms. The molecule has 2 atom stereocenters. The fourth-order valence-electron chi connectivity index (χ4n) is 4.15. The van der Waals surface area contributed by atoms with Gasteiger partial charge in [0.05, 0.1) is 25.3 Å². The summed E-state index contributed by atoms with van der Waals surface area (Å²) in [5, 5.41) is 20.5. The molecule has 204 valence electrons. The number of amides is 6. The van der Waals surface area contributed by atoms with Gasteiger partial charge in [-0.2, -0.15) is 0 Å². The van der Waals surface area contributed by atoms with Gasteiger partial charge in [0, 0.05) is 13.1 Å². The second-order valence-corrected chi connectivity index (χ2v) is 10.3. The van der Waals surface area contributed by atoms with Crippen LogP contribution in [0.15, 0.2) is 0 Å². The van der Waals surface area contributed by atoms with Crippen molar-refractivity contribution >= 4 is 48.7 Å². The number of β-amino-alcohol motifs (C(OH)–C–C–N with tert-alkyl or cyclic N) is 2. The Kier molecular flexibility index (Phi) is 11.4. The molecule has 2 aliphatic heterocycles. The molecular formula is C21H40Cl2N6O6. The van der Waals surface area contributed by atoms with Crippen molar-refractivity contribution in [3.05, 3.63) is 0 Å². The molecule has 2 saturated heterocycles. The zero-order chi connectivity index (χ0) is 25.5. The van der Waals surface area contributed by atoms with Crippen molar-refractivity contribution < 1.29 is 29.4 Å². The minimum absolute atomic E-state index is 0. The molecule has 6 amide bonds. The standard InChI is InChI=1S/C21H38N6O6.2ClH/c1-20(2)16(30)24(11-14(28)9-22(5)6)18(32)26(20)13-27-19(33)25(17(31)21(27,3)4)12-15(29)10-23(7)8;;/h14-15,28-29H,9-13H2,1-8H3;2*1H. The number of hydrogen-bond acceptors (Lipinski definition) is 8. The summed E-state index contributed by atoms with van der Waals surface area (Å²) < 4.78 is 0. The Balaban J connectivity index is 0.00000578. The molecule has 0 radical (unpaired) electrons. The largest absolute Gasteiger partial charge is 0.390 e. The normalized spacial score (nSPS) is 21.1. The summed E-state index contributed by atoms with van der Waals surface area (Å²) in [6, 6.07) is -1.27. The lowest BCUT2D eigenvalue weighted by Crippen LogP contribution is -2.55. The summed E-state index contributed by atoms with van der Waals surface area (Å²) in [4.78, 5) is 60.2. The lowest BCUT2D eigenvalue weighted by Gasteiger charge is -2.36. The number of rotatable bonds is 10. The highest BCUT2D eigenvalue weighted by Crippen LogP contribution is 2.33. The lowest BCUT2D eigenvalue weighted by molar-refractivity contribution is -0.134. The Morgan fingerprint density at radius 1 is 0.686 bits per heavy atom. The third-order valence-electron chi connectivity index (χ3n) is 6.03. The maximum Gasteiger partial charge on any atom is 0.329 e. The van der Waals surface area contributed by atoms with Crippen LogP contribution in [-0.2, 0) is 9.59 Å². The van der Waals surface area contributed by atoms with Gasteiger partial charge in [0.15, 0.2) is 0 Å². The number of nitrogens with zero attached hydrogens (tertiary/aromatic N) is 6. The summed E-state index contributed by atoms with van der Waals surface area (Å²) >= 11 is 0. The number of likely N-dealkylation sites (N-methyl/N-ethyl adjacent to an activating group) is 2. The van der Waals surface area contributed by atoms with Crippen LogP contribution in [0.5, 0.6) is 0 Å². The molecule has 0 aromatic carbocycles. The molecule has 2 aliphatic rings. The van der Waals surface area contributed by atoms with Crippen LogP contribution < -0.4 is 0 Å². The van der Waals surface area contributed by atoms with Crippen LogP contribution in [0, 0.1) is 0 Å². The highest BCUT2D eigenvalue weighted by Gasteiger charge is 2.57. The molecule has 0 aromatic rings. The maximum absolute atomic E-state index is 13.1. The minimum Gasteiger partial charge on any atom is -0.390 e. The smallest absolute Gasteiger partial charge is 0.329 e. The first-order chi connectivity index (χ1) is 15.0. The minimum atomic E-state index is -1.27. The van der Waals surface area contributed by atoms with Crippen molar-refractivity contribution in [1.82, 2.24) is 29.4 Å². The van der Waals surface area contributed by atoms with E-state index in [2.05, 4.69) is 0 Å². The number of carbonyl (C=O) groups excluding carboxylic acids is 4. The Labute approximate surface area is 219 Å². The van der Waals surface area contributed by atoms with Crippen LogP contribution in [0.2, 0.25) is 0 Å². The second-order valence-electron chi connectivity index (χ2n) is 10.3. The second kappa shape index (κ2) is 12.0. The number of carbonyl (C=O) groups is 4. The van der Waals surface area contributed by atoms with Crippen LogP contribution in [0.4, 0.5) is 9.59 Å². The molecule has 2 N–H and O–H groups in total. The van der Waals surface area contributed by atoms with Crippen molar-refractivity contribution in [2.75, 3.05) is 61.0 Å². The van der Waals surface area contributed by atoms with Crippen LogP contribution in [0.3, 0.4) is 0 Å². The number of hydrogen-bond donors (Lipinski definition) is 2. The van der Waals surface area contributed by atoms with E-state index in [1.165, 1.54) is 9.80 Å². The molecule has 12 nitrogen and oxygen atoms in total. The Bertz CT molecular complexity index is 745. The molecule has 2 heterocycles. The van der Waals surface area contributed by atoms with Gasteiger partial charge in [-0.15, -0.1) is 24.8 Å². The van der Waals surface area contributed by atoms with Crippen molar-refractivity contribution in [2.24, 2.45) is 0 Å². The summed E-state index contributed by atoms with van der Waals surface area (Å²) in [5.74, 6) is -0.973. The summed E-state index contributed by atoms with van der Waals surface area (Å²) in [6.07, 6.45) is -1.85. The fourth-order valence-corrected chi connectivity index (χ4v) is 4.15. The third kappa shape index (κ3) is 6.75. The van der Waals surface area contributed by atoms with E-state index in [-0.39, 0.29) is 57.7 Å². The number of aliphatic hydroxyl groups is 2. The first-order valence-electron chi connectivity index (χ1n) is 10.9. The topological polar surface area (TPSA) is 128 Å². The van der Waals surface area contributed by atoms with E-state index in [1.807, 2.05) is 0 Å². The van der Waals surface area contributed by atoms with E-state index >= 15 is 0 Å². The average molecular weight is 543 g/mol. The van der Waals surface area contributed by atoms with Gasteiger partial charge in [-0.1, -0.05) is 0 Å². The lowest BCUT2D eigenvalue weighted by atomic mass is 10.0. The number of imide groups is 2. The van der Waals surface area contributed by atoms with Gasteiger partial charge in [-0.05, 0) is 55.9 Å². The highest BCUT2D eigenvalue weighted by molar-refractivity contribution is 6.08. The number of halogens is 2. The molecule has 0 bridgehead atoms. The molecule has 2 rings (SSSR count). The van der Waals surface area contributed by atoms with E-state index in [4.69, 9.17) is 0 Å². The van der Waals surface area contributed by atoms with E-state index < -0.39 is 47.2 Å². The SMILES string of the molecule is CN(C)CC(O)CN1C(=O)N(CN2C(=O)N(CC(O)CN(C)C)C(=O)C2(C)C)C(C)(C)C1=O.Cl.Cl. The quantitative estimate of drug-likeness (QED) is 0.360. The van der Waals surface area contributed by atoms with E-state index in [1.54, 1.807) is 65.7 Å². The summed E-state index contributed by atoms with van der Waals surface area (Å²) in [6.45, 7) is 6.19. The van der Waals surface area contributed by atoms with Crippen molar-refractivity contribution in [3.8, 4) is 0 Å². The zero-order valence-corrected chi connectivity index (χ0v) is 23.4. The molecule has 2 unspecified atom stereocenters. The molecule has 0 aromatic heterocycles. The van der Waals surface area contributed by atoms with E-state index in [0.29, 0.717) is 0 Å². The molecule has 0 saturated carbocycles. The average Bonchev–Trinajstić information content (AvgIpc) is 2.91.